The average Bonchev–Trinajstić information content (AvgIpc) is 2.78. The number of hydrogen-bond donors (Lipinski definition) is 6. The monoisotopic (exact) mass is 548 g/mol. The molecule has 1 aliphatic rings. The first-order chi connectivity index (χ1) is 17.4. The molecule has 12 nitrogen and oxygen atoms in total. The predicted octanol–water partition coefficient (Wildman–Crippen LogP) is -1.64. The first-order valence-electron chi connectivity index (χ1n) is 11.8. The maximum atomic E-state index is 12.6. The minimum Gasteiger partial charge on any atom is -1.00 e. The number of anilines is 4. The van der Waals surface area contributed by atoms with Crippen molar-refractivity contribution in [2.45, 2.75) is 13.8 Å². The first kappa shape index (κ1) is 30.4. The Bertz CT molecular complexity index is 1200. The quantitative estimate of drug-likeness (QED) is 0.170. The summed E-state index contributed by atoms with van der Waals surface area (Å²) in [7, 11) is 1.98. The second-order valence-electron chi connectivity index (χ2n) is 9.42. The maximum Gasteiger partial charge on any atom is 0.279 e. The summed E-state index contributed by atoms with van der Waals surface area (Å²) in [5.74, 6) is -1.34. The van der Waals surface area contributed by atoms with Crippen LogP contribution in [0.15, 0.2) is 36.4 Å². The van der Waals surface area contributed by atoms with Gasteiger partial charge in [0.25, 0.3) is 5.91 Å². The van der Waals surface area contributed by atoms with Gasteiger partial charge in [-0.1, -0.05) is 0 Å². The number of quaternary nitrogens is 1. The zero-order valence-corrected chi connectivity index (χ0v) is 22.3. The molecule has 1 aliphatic heterocycles. The van der Waals surface area contributed by atoms with E-state index in [0.717, 1.165) is 0 Å². The Morgan fingerprint density at radius 3 is 1.66 bits per heavy atom. The van der Waals surface area contributed by atoms with Gasteiger partial charge in [0.1, 0.15) is 11.5 Å². The van der Waals surface area contributed by atoms with Crippen LogP contribution in [0.1, 0.15) is 13.8 Å². The Labute approximate surface area is 227 Å². The summed E-state index contributed by atoms with van der Waals surface area (Å²) < 4.78 is 0.498. The van der Waals surface area contributed by atoms with E-state index >= 15 is 0 Å². The number of phenols is 2. The standard InChI is InChI=1S/C25H32N6O6.ClH/c1-16(32)26-20-6-4-18(12-22(20)34)28-24(36)14-30-8-10-31(3,11-9-30)15-25(37)29-19-5-7-21(23(35)13-19)27-17(2)33;/h4-7,12-13H,8-11,14-15H2,1-3H3,(H5-,26,27,28,29,32,33,34,35,36,37);1H. The van der Waals surface area contributed by atoms with Crippen molar-refractivity contribution in [3.8, 4) is 11.5 Å². The third kappa shape index (κ3) is 8.91. The van der Waals surface area contributed by atoms with E-state index in [0.29, 0.717) is 42.0 Å². The molecule has 13 heteroatoms. The summed E-state index contributed by atoms with van der Waals surface area (Å²) in [4.78, 5) is 49.4. The highest BCUT2D eigenvalue weighted by molar-refractivity contribution is 5.95. The molecule has 2 aromatic rings. The van der Waals surface area contributed by atoms with E-state index in [1.165, 1.54) is 38.1 Å². The molecular formula is C25H33ClN6O6. The number of rotatable bonds is 8. The molecule has 0 aliphatic carbocycles. The lowest BCUT2D eigenvalue weighted by Gasteiger charge is -2.41. The summed E-state index contributed by atoms with van der Waals surface area (Å²) in [5, 5.41) is 30.6. The highest BCUT2D eigenvalue weighted by atomic mass is 35.5. The third-order valence-electron chi connectivity index (χ3n) is 5.99. The Morgan fingerprint density at radius 1 is 0.789 bits per heavy atom. The number of carbonyl (C=O) groups is 4. The predicted molar refractivity (Wildman–Crippen MR) is 139 cm³/mol. The fraction of sp³-hybridized carbons (Fsp3) is 0.360. The van der Waals surface area contributed by atoms with Crippen LogP contribution in [0.25, 0.3) is 0 Å². The van der Waals surface area contributed by atoms with Crippen molar-refractivity contribution in [1.29, 1.82) is 0 Å². The first-order valence-corrected chi connectivity index (χ1v) is 11.8. The number of piperazine rings is 1. The Hall–Kier alpha value is -3.87. The zero-order chi connectivity index (χ0) is 27.2. The third-order valence-corrected chi connectivity index (χ3v) is 5.99. The zero-order valence-electron chi connectivity index (χ0n) is 21.5. The lowest BCUT2D eigenvalue weighted by Crippen LogP contribution is -3.00. The second kappa shape index (κ2) is 13.1. The molecule has 0 radical (unpaired) electrons. The average molecular weight is 549 g/mol. The molecule has 38 heavy (non-hydrogen) atoms. The van der Waals surface area contributed by atoms with E-state index in [1.807, 2.05) is 11.9 Å². The number of nitrogens with one attached hydrogen (secondary N) is 4. The van der Waals surface area contributed by atoms with Crippen molar-refractivity contribution in [3.05, 3.63) is 36.4 Å². The van der Waals surface area contributed by atoms with Crippen LogP contribution < -0.4 is 33.7 Å². The number of amides is 4. The summed E-state index contributed by atoms with van der Waals surface area (Å²) in [6, 6.07) is 8.99. The number of likely N-dealkylation sites (N-methyl/N-ethyl adjacent to an activating group) is 1. The Kier molecular flexibility index (Phi) is 10.5. The van der Waals surface area contributed by atoms with Crippen LogP contribution in [-0.2, 0) is 19.2 Å². The summed E-state index contributed by atoms with van der Waals surface area (Å²) in [6.45, 7) is 5.65. The number of aromatic hydroxyl groups is 2. The molecule has 0 spiro atoms. The fourth-order valence-electron chi connectivity index (χ4n) is 4.07. The van der Waals surface area contributed by atoms with Crippen LogP contribution in [0, 0.1) is 0 Å². The van der Waals surface area contributed by atoms with Crippen molar-refractivity contribution in [2.24, 2.45) is 0 Å². The maximum absolute atomic E-state index is 12.6. The van der Waals surface area contributed by atoms with Gasteiger partial charge < -0.3 is 48.4 Å². The number of hydrogen-bond acceptors (Lipinski definition) is 7. The van der Waals surface area contributed by atoms with E-state index in [9.17, 15) is 29.4 Å². The van der Waals surface area contributed by atoms with Crippen molar-refractivity contribution in [3.63, 3.8) is 0 Å². The SMILES string of the molecule is CC(=O)Nc1ccc(NC(=O)CN2CC[N+](C)(CC(=O)Nc3ccc(NC(C)=O)c(O)c3)CC2)cc1O.[Cl-]. The topological polar surface area (TPSA) is 160 Å². The molecule has 4 amide bonds. The highest BCUT2D eigenvalue weighted by Gasteiger charge is 2.31. The van der Waals surface area contributed by atoms with Gasteiger partial charge >= 0.3 is 0 Å². The van der Waals surface area contributed by atoms with Crippen molar-refractivity contribution >= 4 is 46.4 Å². The summed E-state index contributed by atoms with van der Waals surface area (Å²) in [6.07, 6.45) is 0. The molecule has 0 unspecified atom stereocenters. The molecular weight excluding hydrogens is 516 g/mol. The van der Waals surface area contributed by atoms with Gasteiger partial charge in [-0.25, -0.2) is 0 Å². The lowest BCUT2D eigenvalue weighted by molar-refractivity contribution is -0.905. The second-order valence-corrected chi connectivity index (χ2v) is 9.42. The summed E-state index contributed by atoms with van der Waals surface area (Å²) in [5.41, 5.74) is 1.38. The van der Waals surface area contributed by atoms with E-state index < -0.39 is 0 Å². The van der Waals surface area contributed by atoms with Crippen LogP contribution in [0.2, 0.25) is 0 Å². The van der Waals surface area contributed by atoms with Gasteiger partial charge in [-0.05, 0) is 24.3 Å². The molecule has 2 aromatic carbocycles. The molecule has 0 bridgehead atoms. The normalized spacial score (nSPS) is 14.5. The van der Waals surface area contributed by atoms with E-state index in [2.05, 4.69) is 21.3 Å². The van der Waals surface area contributed by atoms with Gasteiger partial charge in [-0.2, -0.15) is 0 Å². The van der Waals surface area contributed by atoms with Crippen molar-refractivity contribution < 1.29 is 46.3 Å². The number of phenolic OH excluding ortho intramolecular Hbond substituents is 2. The lowest BCUT2D eigenvalue weighted by atomic mass is 10.2. The molecule has 0 saturated carbocycles. The minimum absolute atomic E-state index is 0. The van der Waals surface area contributed by atoms with Crippen LogP contribution >= 0.6 is 0 Å². The van der Waals surface area contributed by atoms with Crippen LogP contribution in [-0.4, -0.2) is 89.5 Å². The van der Waals surface area contributed by atoms with Gasteiger partial charge in [0.2, 0.25) is 17.7 Å². The van der Waals surface area contributed by atoms with E-state index in [4.69, 9.17) is 0 Å². The summed E-state index contributed by atoms with van der Waals surface area (Å²) >= 11 is 0. The molecule has 0 aromatic heterocycles. The van der Waals surface area contributed by atoms with Crippen LogP contribution in [0.3, 0.4) is 0 Å². The molecule has 206 valence electrons. The largest absolute Gasteiger partial charge is 1.00 e. The molecule has 1 saturated heterocycles. The smallest absolute Gasteiger partial charge is 0.279 e. The van der Waals surface area contributed by atoms with Crippen molar-refractivity contribution in [1.82, 2.24) is 4.90 Å². The molecule has 3 rings (SSSR count). The van der Waals surface area contributed by atoms with E-state index in [1.54, 1.807) is 12.1 Å². The van der Waals surface area contributed by atoms with Gasteiger partial charge in [-0.3, -0.25) is 24.1 Å². The Balaban J connectivity index is 0.00000507. The minimum atomic E-state index is -0.309. The number of nitrogens with zero attached hydrogens (tertiary/aromatic N) is 2. The highest BCUT2D eigenvalue weighted by Crippen LogP contribution is 2.28. The fourth-order valence-corrected chi connectivity index (χ4v) is 4.07. The molecule has 0 atom stereocenters. The van der Waals surface area contributed by atoms with E-state index in [-0.39, 0.29) is 72.0 Å². The van der Waals surface area contributed by atoms with Crippen LogP contribution in [0.4, 0.5) is 22.7 Å². The molecule has 1 heterocycles. The number of benzene rings is 2. The number of halogens is 1. The van der Waals surface area contributed by atoms with Gasteiger partial charge in [-0.15, -0.1) is 0 Å². The van der Waals surface area contributed by atoms with Gasteiger partial charge in [0, 0.05) is 50.4 Å². The molecule has 1 fully saturated rings. The van der Waals surface area contributed by atoms with Gasteiger partial charge in [0.05, 0.1) is 38.1 Å². The molecule has 6 N–H and O–H groups in total. The van der Waals surface area contributed by atoms with Crippen LogP contribution in [0.5, 0.6) is 11.5 Å². The van der Waals surface area contributed by atoms with Crippen molar-refractivity contribution in [2.75, 3.05) is 67.6 Å². The number of carbonyl (C=O) groups excluding carboxylic acids is 4. The Morgan fingerprint density at radius 2 is 1.24 bits per heavy atom. The van der Waals surface area contributed by atoms with Gasteiger partial charge in [0.15, 0.2) is 6.54 Å².